The predicted octanol–water partition coefficient (Wildman–Crippen LogP) is 3.42. The Morgan fingerprint density at radius 3 is 2.62 bits per heavy atom. The fourth-order valence-corrected chi connectivity index (χ4v) is 3.31. The number of ketones is 1. The van der Waals surface area contributed by atoms with Gasteiger partial charge >= 0.3 is 0 Å². The van der Waals surface area contributed by atoms with Gasteiger partial charge in [-0.05, 0) is 23.1 Å². The molecule has 0 saturated carbocycles. The molecule has 1 heterocycles. The van der Waals surface area contributed by atoms with Gasteiger partial charge in [-0.3, -0.25) is 4.79 Å². The van der Waals surface area contributed by atoms with E-state index >= 15 is 0 Å². The minimum Gasteiger partial charge on any atom is -0.444 e. The number of Topliss-reactive ketones (excluding diaryl/α,β-unsaturated/α-hetero) is 1. The van der Waals surface area contributed by atoms with Gasteiger partial charge in [0.25, 0.3) is 0 Å². The number of allylic oxidation sites excluding steroid dienone is 3. The minimum absolute atomic E-state index is 0.0350. The second kappa shape index (κ2) is 5.45. The highest BCUT2D eigenvalue weighted by atomic mass is 19.2. The molecule has 6 heteroatoms. The van der Waals surface area contributed by atoms with Crippen molar-refractivity contribution in [1.82, 2.24) is 0 Å². The Kier molecular flexibility index (Phi) is 3.67. The van der Waals surface area contributed by atoms with Crippen molar-refractivity contribution in [2.24, 2.45) is 11.1 Å². The molecular weight excluding hydrogens is 314 g/mol. The van der Waals surface area contributed by atoms with Crippen LogP contribution in [0.5, 0.6) is 0 Å². The third-order valence-electron chi connectivity index (χ3n) is 4.35. The van der Waals surface area contributed by atoms with E-state index < -0.39 is 17.6 Å². The van der Waals surface area contributed by atoms with E-state index in [-0.39, 0.29) is 29.1 Å². The summed E-state index contributed by atoms with van der Waals surface area (Å²) >= 11 is 0. The lowest BCUT2D eigenvalue weighted by molar-refractivity contribution is -0.119. The molecule has 0 unspecified atom stereocenters. The average molecular weight is 330 g/mol. The molecule has 0 aromatic heterocycles. The van der Waals surface area contributed by atoms with E-state index in [2.05, 4.69) is 0 Å². The highest BCUT2D eigenvalue weighted by molar-refractivity contribution is 6.00. The summed E-state index contributed by atoms with van der Waals surface area (Å²) in [5.41, 5.74) is 6.20. The fourth-order valence-electron chi connectivity index (χ4n) is 3.31. The van der Waals surface area contributed by atoms with Crippen molar-refractivity contribution in [1.29, 1.82) is 5.26 Å². The number of nitrogens with two attached hydrogens (primary N) is 1. The Morgan fingerprint density at radius 1 is 1.29 bits per heavy atom. The zero-order valence-electron chi connectivity index (χ0n) is 13.3. The molecule has 3 rings (SSSR count). The summed E-state index contributed by atoms with van der Waals surface area (Å²) in [6.07, 6.45) is 0.766. The Morgan fingerprint density at radius 2 is 2.00 bits per heavy atom. The maximum absolute atomic E-state index is 13.7. The molecule has 0 bridgehead atoms. The van der Waals surface area contributed by atoms with Crippen molar-refractivity contribution >= 4 is 5.78 Å². The lowest BCUT2D eigenvalue weighted by atomic mass is 9.70. The summed E-state index contributed by atoms with van der Waals surface area (Å²) in [5, 5.41) is 9.43. The standard InChI is InChI=1S/C18H16F2N2O2/c1-18(2)6-13(23)16-14(7-18)24-17(22)10(8-21)15(16)9-3-4-11(19)12(20)5-9/h3-5,15H,6-7,22H2,1-2H3/t15-/m1/s1. The molecule has 0 fully saturated rings. The van der Waals surface area contributed by atoms with E-state index in [0.717, 1.165) is 12.1 Å². The molecule has 1 atom stereocenters. The Balaban J connectivity index is 2.20. The van der Waals surface area contributed by atoms with Gasteiger partial charge in [-0.2, -0.15) is 5.26 Å². The molecule has 0 radical (unpaired) electrons. The molecule has 0 saturated heterocycles. The maximum atomic E-state index is 13.7. The lowest BCUT2D eigenvalue weighted by Crippen LogP contribution is -2.33. The highest BCUT2D eigenvalue weighted by Gasteiger charge is 2.43. The van der Waals surface area contributed by atoms with Gasteiger partial charge in [-0.15, -0.1) is 0 Å². The maximum Gasteiger partial charge on any atom is 0.205 e. The van der Waals surface area contributed by atoms with Gasteiger partial charge in [-0.1, -0.05) is 19.9 Å². The molecule has 2 aliphatic rings. The van der Waals surface area contributed by atoms with E-state index in [4.69, 9.17) is 10.5 Å². The first-order chi connectivity index (χ1) is 11.2. The van der Waals surface area contributed by atoms with Gasteiger partial charge in [-0.25, -0.2) is 8.78 Å². The minimum atomic E-state index is -1.04. The Bertz CT molecular complexity index is 847. The summed E-state index contributed by atoms with van der Waals surface area (Å²) in [4.78, 5) is 12.7. The van der Waals surface area contributed by atoms with Gasteiger partial charge in [0.05, 0.1) is 5.92 Å². The molecule has 24 heavy (non-hydrogen) atoms. The van der Waals surface area contributed by atoms with Crippen LogP contribution in [0.3, 0.4) is 0 Å². The van der Waals surface area contributed by atoms with Crippen LogP contribution in [0.1, 0.15) is 38.2 Å². The summed E-state index contributed by atoms with van der Waals surface area (Å²) < 4.78 is 32.5. The first kappa shape index (κ1) is 16.2. The second-order valence-electron chi connectivity index (χ2n) is 6.88. The van der Waals surface area contributed by atoms with Crippen LogP contribution in [0.25, 0.3) is 0 Å². The normalized spacial score (nSPS) is 22.8. The zero-order valence-corrected chi connectivity index (χ0v) is 13.3. The quantitative estimate of drug-likeness (QED) is 0.856. The van der Waals surface area contributed by atoms with Gasteiger partial charge < -0.3 is 10.5 Å². The van der Waals surface area contributed by atoms with Crippen molar-refractivity contribution in [3.05, 3.63) is 58.2 Å². The van der Waals surface area contributed by atoms with Crippen LogP contribution in [0.15, 0.2) is 41.0 Å². The van der Waals surface area contributed by atoms with Crippen LogP contribution in [0, 0.1) is 28.4 Å². The topological polar surface area (TPSA) is 76.1 Å². The van der Waals surface area contributed by atoms with Crippen LogP contribution < -0.4 is 5.73 Å². The van der Waals surface area contributed by atoms with Gasteiger partial charge in [0.1, 0.15) is 17.4 Å². The van der Waals surface area contributed by atoms with Crippen LogP contribution in [-0.2, 0) is 9.53 Å². The molecule has 1 aromatic rings. The molecule has 1 aliphatic heterocycles. The highest BCUT2D eigenvalue weighted by Crippen LogP contribution is 2.47. The van der Waals surface area contributed by atoms with Crippen molar-refractivity contribution < 1.29 is 18.3 Å². The SMILES string of the molecule is CC1(C)CC(=O)C2=C(C1)OC(N)=C(C#N)[C@H]2c1ccc(F)c(F)c1. The Labute approximate surface area is 138 Å². The smallest absolute Gasteiger partial charge is 0.205 e. The second-order valence-corrected chi connectivity index (χ2v) is 6.88. The molecular formula is C18H16F2N2O2. The van der Waals surface area contributed by atoms with Crippen LogP contribution in [-0.4, -0.2) is 5.78 Å². The van der Waals surface area contributed by atoms with Crippen LogP contribution in [0.4, 0.5) is 8.78 Å². The van der Waals surface area contributed by atoms with Gasteiger partial charge in [0.15, 0.2) is 17.4 Å². The molecule has 0 spiro atoms. The van der Waals surface area contributed by atoms with E-state index in [9.17, 15) is 18.8 Å². The number of halogens is 2. The molecule has 0 amide bonds. The van der Waals surface area contributed by atoms with Crippen molar-refractivity contribution in [2.75, 3.05) is 0 Å². The first-order valence-corrected chi connectivity index (χ1v) is 7.52. The molecule has 1 aliphatic carbocycles. The summed E-state index contributed by atoms with van der Waals surface area (Å²) in [6, 6.07) is 5.26. The van der Waals surface area contributed by atoms with E-state index in [1.807, 2.05) is 19.9 Å². The summed E-state index contributed by atoms with van der Waals surface area (Å²) in [7, 11) is 0. The third kappa shape index (κ3) is 2.56. The van der Waals surface area contributed by atoms with E-state index in [1.54, 1.807) is 0 Å². The largest absolute Gasteiger partial charge is 0.444 e. The van der Waals surface area contributed by atoms with Crippen LogP contribution >= 0.6 is 0 Å². The summed E-state index contributed by atoms with van der Waals surface area (Å²) in [5.74, 6) is -2.74. The molecule has 2 N–H and O–H groups in total. The van der Waals surface area contributed by atoms with Crippen molar-refractivity contribution in [3.8, 4) is 6.07 Å². The molecule has 4 nitrogen and oxygen atoms in total. The van der Waals surface area contributed by atoms with E-state index in [1.165, 1.54) is 6.07 Å². The van der Waals surface area contributed by atoms with Gasteiger partial charge in [0.2, 0.25) is 5.88 Å². The monoisotopic (exact) mass is 330 g/mol. The van der Waals surface area contributed by atoms with Crippen molar-refractivity contribution in [2.45, 2.75) is 32.6 Å². The van der Waals surface area contributed by atoms with E-state index in [0.29, 0.717) is 23.3 Å². The number of rotatable bonds is 1. The zero-order chi connectivity index (χ0) is 17.6. The molecule has 124 valence electrons. The number of hydrogen-bond acceptors (Lipinski definition) is 4. The number of carbonyl (C=O) groups is 1. The number of carbonyl (C=O) groups excluding carboxylic acids is 1. The Hall–Kier alpha value is -2.68. The molecule has 1 aromatic carbocycles. The predicted molar refractivity (Wildman–Crippen MR) is 82.1 cm³/mol. The number of nitriles is 1. The number of benzene rings is 1. The first-order valence-electron chi connectivity index (χ1n) is 7.52. The van der Waals surface area contributed by atoms with Gasteiger partial charge in [0, 0.05) is 18.4 Å². The summed E-state index contributed by atoms with van der Waals surface area (Å²) in [6.45, 7) is 3.87. The number of hydrogen-bond donors (Lipinski definition) is 1. The van der Waals surface area contributed by atoms with Crippen molar-refractivity contribution in [3.63, 3.8) is 0 Å². The average Bonchev–Trinajstić information content (AvgIpc) is 2.47. The van der Waals surface area contributed by atoms with Crippen LogP contribution in [0.2, 0.25) is 0 Å². The lowest BCUT2D eigenvalue weighted by Gasteiger charge is -2.37. The third-order valence-corrected chi connectivity index (χ3v) is 4.35. The fraction of sp³-hybridized carbons (Fsp3) is 0.333. The number of ether oxygens (including phenoxy) is 1. The number of nitrogens with zero attached hydrogens (tertiary/aromatic N) is 1.